The summed E-state index contributed by atoms with van der Waals surface area (Å²) in [6, 6.07) is 11.5. The SMILES string of the molecule is CC(C)=CCOc1cc2ccccc2cc1O. The lowest BCUT2D eigenvalue weighted by Crippen LogP contribution is -1.94. The van der Waals surface area contributed by atoms with Crippen LogP contribution in [0.5, 0.6) is 11.5 Å². The Kier molecular flexibility index (Phi) is 3.33. The van der Waals surface area contributed by atoms with E-state index in [4.69, 9.17) is 4.74 Å². The van der Waals surface area contributed by atoms with Gasteiger partial charge in [0.2, 0.25) is 0 Å². The molecule has 0 radical (unpaired) electrons. The van der Waals surface area contributed by atoms with E-state index in [1.807, 2.05) is 50.3 Å². The molecule has 0 heterocycles. The lowest BCUT2D eigenvalue weighted by molar-refractivity contribution is 0.336. The first-order chi connectivity index (χ1) is 8.16. The molecule has 2 aromatic rings. The molecule has 0 aliphatic rings. The van der Waals surface area contributed by atoms with Crippen LogP contribution in [-0.4, -0.2) is 11.7 Å². The number of phenolic OH excluding ortho intramolecular Hbond substituents is 1. The molecule has 0 atom stereocenters. The van der Waals surface area contributed by atoms with Crippen molar-refractivity contribution in [3.63, 3.8) is 0 Å². The summed E-state index contributed by atoms with van der Waals surface area (Å²) in [5.41, 5.74) is 1.20. The van der Waals surface area contributed by atoms with E-state index in [0.717, 1.165) is 10.8 Å². The van der Waals surface area contributed by atoms with Crippen LogP contribution in [0.15, 0.2) is 48.0 Å². The van der Waals surface area contributed by atoms with Gasteiger partial charge >= 0.3 is 0 Å². The number of rotatable bonds is 3. The zero-order valence-electron chi connectivity index (χ0n) is 10.1. The Morgan fingerprint density at radius 1 is 1.18 bits per heavy atom. The zero-order chi connectivity index (χ0) is 12.3. The van der Waals surface area contributed by atoms with Crippen molar-refractivity contribution in [2.45, 2.75) is 13.8 Å². The normalized spacial score (nSPS) is 10.2. The van der Waals surface area contributed by atoms with Crippen LogP contribution in [0.25, 0.3) is 10.8 Å². The Labute approximate surface area is 101 Å². The highest BCUT2D eigenvalue weighted by atomic mass is 16.5. The van der Waals surface area contributed by atoms with Crippen LogP contribution in [0.4, 0.5) is 0 Å². The van der Waals surface area contributed by atoms with Crippen LogP contribution in [0.2, 0.25) is 0 Å². The first-order valence-electron chi connectivity index (χ1n) is 5.65. The highest BCUT2D eigenvalue weighted by molar-refractivity contribution is 5.85. The Morgan fingerprint density at radius 3 is 2.47 bits per heavy atom. The number of phenols is 1. The summed E-state index contributed by atoms with van der Waals surface area (Å²) in [7, 11) is 0. The quantitative estimate of drug-likeness (QED) is 0.807. The Balaban J connectivity index is 2.28. The Bertz CT molecular complexity index is 552. The van der Waals surface area contributed by atoms with E-state index in [1.54, 1.807) is 6.07 Å². The molecule has 2 aromatic carbocycles. The predicted octanol–water partition coefficient (Wildman–Crippen LogP) is 3.89. The van der Waals surface area contributed by atoms with Crippen LogP contribution < -0.4 is 4.74 Å². The van der Waals surface area contributed by atoms with Crippen LogP contribution in [-0.2, 0) is 0 Å². The molecular formula is C15H16O2. The van der Waals surface area contributed by atoms with Gasteiger partial charge in [0.25, 0.3) is 0 Å². The molecular weight excluding hydrogens is 212 g/mol. The van der Waals surface area contributed by atoms with E-state index in [2.05, 4.69) is 0 Å². The second kappa shape index (κ2) is 4.91. The molecule has 0 saturated carbocycles. The molecule has 2 rings (SSSR count). The average Bonchev–Trinajstić information content (AvgIpc) is 2.29. The van der Waals surface area contributed by atoms with Gasteiger partial charge in [0, 0.05) is 0 Å². The Hall–Kier alpha value is -1.96. The van der Waals surface area contributed by atoms with Gasteiger partial charge in [-0.25, -0.2) is 0 Å². The number of allylic oxidation sites excluding steroid dienone is 1. The third-order valence-corrected chi connectivity index (χ3v) is 2.56. The van der Waals surface area contributed by atoms with Crippen molar-refractivity contribution in [3.8, 4) is 11.5 Å². The minimum Gasteiger partial charge on any atom is -0.504 e. The molecule has 0 aliphatic heterocycles. The molecule has 0 unspecified atom stereocenters. The lowest BCUT2D eigenvalue weighted by Gasteiger charge is -2.08. The summed E-state index contributed by atoms with van der Waals surface area (Å²) in [4.78, 5) is 0. The molecule has 88 valence electrons. The fourth-order valence-electron chi connectivity index (χ4n) is 1.62. The fourth-order valence-corrected chi connectivity index (χ4v) is 1.62. The van der Waals surface area contributed by atoms with Gasteiger partial charge in [0.15, 0.2) is 11.5 Å². The van der Waals surface area contributed by atoms with E-state index >= 15 is 0 Å². The van der Waals surface area contributed by atoms with Crippen molar-refractivity contribution in [1.82, 2.24) is 0 Å². The fraction of sp³-hybridized carbons (Fsp3) is 0.200. The molecule has 17 heavy (non-hydrogen) atoms. The van der Waals surface area contributed by atoms with E-state index in [9.17, 15) is 5.11 Å². The standard InChI is InChI=1S/C15H16O2/c1-11(2)7-8-17-15-10-13-6-4-3-5-12(13)9-14(15)16/h3-7,9-10,16H,8H2,1-2H3. The average molecular weight is 228 g/mol. The molecule has 0 fully saturated rings. The van der Waals surface area contributed by atoms with Crippen molar-refractivity contribution in [2.24, 2.45) is 0 Å². The van der Waals surface area contributed by atoms with Crippen LogP contribution in [0, 0.1) is 0 Å². The lowest BCUT2D eigenvalue weighted by atomic mass is 10.1. The molecule has 0 spiro atoms. The molecule has 2 nitrogen and oxygen atoms in total. The smallest absolute Gasteiger partial charge is 0.162 e. The first kappa shape index (κ1) is 11.5. The summed E-state index contributed by atoms with van der Waals surface area (Å²) >= 11 is 0. The van der Waals surface area contributed by atoms with Crippen molar-refractivity contribution < 1.29 is 9.84 Å². The molecule has 0 amide bonds. The van der Waals surface area contributed by atoms with Crippen molar-refractivity contribution in [1.29, 1.82) is 0 Å². The van der Waals surface area contributed by atoms with Gasteiger partial charge in [-0.15, -0.1) is 0 Å². The van der Waals surface area contributed by atoms with Gasteiger partial charge < -0.3 is 9.84 Å². The second-order valence-corrected chi connectivity index (χ2v) is 4.26. The summed E-state index contributed by atoms with van der Waals surface area (Å²) in [5, 5.41) is 11.9. The van der Waals surface area contributed by atoms with Crippen LogP contribution >= 0.6 is 0 Å². The maximum Gasteiger partial charge on any atom is 0.162 e. The maximum atomic E-state index is 9.83. The number of ether oxygens (including phenoxy) is 1. The predicted molar refractivity (Wildman–Crippen MR) is 70.5 cm³/mol. The number of hydrogen-bond acceptors (Lipinski definition) is 2. The maximum absolute atomic E-state index is 9.83. The number of hydrogen-bond donors (Lipinski definition) is 1. The van der Waals surface area contributed by atoms with Crippen molar-refractivity contribution in [3.05, 3.63) is 48.0 Å². The van der Waals surface area contributed by atoms with Gasteiger partial charge in [-0.2, -0.15) is 0 Å². The zero-order valence-corrected chi connectivity index (χ0v) is 10.1. The van der Waals surface area contributed by atoms with E-state index in [0.29, 0.717) is 12.4 Å². The van der Waals surface area contributed by atoms with Gasteiger partial charge in [-0.05, 0) is 42.8 Å². The molecule has 0 aliphatic carbocycles. The van der Waals surface area contributed by atoms with Crippen molar-refractivity contribution >= 4 is 10.8 Å². The summed E-state index contributed by atoms with van der Waals surface area (Å²) < 4.78 is 5.53. The van der Waals surface area contributed by atoms with Crippen LogP contribution in [0.1, 0.15) is 13.8 Å². The van der Waals surface area contributed by atoms with Gasteiger partial charge in [-0.3, -0.25) is 0 Å². The number of fused-ring (bicyclic) bond motifs is 1. The second-order valence-electron chi connectivity index (χ2n) is 4.26. The summed E-state index contributed by atoms with van der Waals surface area (Å²) in [6.45, 7) is 4.52. The number of aromatic hydroxyl groups is 1. The molecule has 1 N–H and O–H groups in total. The summed E-state index contributed by atoms with van der Waals surface area (Å²) in [6.07, 6.45) is 1.98. The highest BCUT2D eigenvalue weighted by Crippen LogP contribution is 2.31. The largest absolute Gasteiger partial charge is 0.504 e. The van der Waals surface area contributed by atoms with Gasteiger partial charge in [-0.1, -0.05) is 29.8 Å². The van der Waals surface area contributed by atoms with E-state index in [1.165, 1.54) is 5.57 Å². The highest BCUT2D eigenvalue weighted by Gasteiger charge is 2.03. The summed E-state index contributed by atoms with van der Waals surface area (Å²) in [5.74, 6) is 0.715. The van der Waals surface area contributed by atoms with Crippen LogP contribution in [0.3, 0.4) is 0 Å². The number of benzene rings is 2. The first-order valence-corrected chi connectivity index (χ1v) is 5.65. The minimum atomic E-state index is 0.186. The van der Waals surface area contributed by atoms with Gasteiger partial charge in [0.05, 0.1) is 0 Å². The van der Waals surface area contributed by atoms with E-state index < -0.39 is 0 Å². The van der Waals surface area contributed by atoms with Crippen molar-refractivity contribution in [2.75, 3.05) is 6.61 Å². The Morgan fingerprint density at radius 2 is 1.82 bits per heavy atom. The molecule has 0 bridgehead atoms. The van der Waals surface area contributed by atoms with E-state index in [-0.39, 0.29) is 5.75 Å². The topological polar surface area (TPSA) is 29.5 Å². The third kappa shape index (κ3) is 2.78. The third-order valence-electron chi connectivity index (χ3n) is 2.56. The monoisotopic (exact) mass is 228 g/mol. The minimum absolute atomic E-state index is 0.186. The molecule has 2 heteroatoms. The molecule has 0 aromatic heterocycles. The van der Waals surface area contributed by atoms with Gasteiger partial charge in [0.1, 0.15) is 6.61 Å². The molecule has 0 saturated heterocycles.